The molecule has 1 aromatic heterocycles. The molecule has 0 saturated heterocycles. The number of ether oxygens (including phenoxy) is 1. The van der Waals surface area contributed by atoms with Crippen molar-refractivity contribution in [2.45, 2.75) is 6.36 Å². The molecule has 0 aromatic carbocycles. The molecule has 0 bridgehead atoms. The average molecular weight is 292 g/mol. The molecule has 1 heterocycles. The molecule has 14 heavy (non-hydrogen) atoms. The maximum Gasteiger partial charge on any atom is 0.573 e. The zero-order valence-corrected chi connectivity index (χ0v) is 8.61. The van der Waals surface area contributed by atoms with E-state index < -0.39 is 22.9 Å². The molecule has 0 aliphatic carbocycles. The first-order chi connectivity index (χ1) is 6.31. The van der Waals surface area contributed by atoms with Crippen LogP contribution in [0.25, 0.3) is 0 Å². The second-order valence-electron chi connectivity index (χ2n) is 2.12. The highest BCUT2D eigenvalue weighted by Crippen LogP contribution is 2.38. The summed E-state index contributed by atoms with van der Waals surface area (Å²) in [4.78, 5) is 3.38. The van der Waals surface area contributed by atoms with Crippen molar-refractivity contribution in [1.82, 2.24) is 4.98 Å². The van der Waals surface area contributed by atoms with E-state index >= 15 is 0 Å². The molecule has 8 heteroatoms. The van der Waals surface area contributed by atoms with Crippen molar-refractivity contribution in [2.75, 3.05) is 0 Å². The molecule has 1 rings (SSSR count). The number of halogens is 5. The van der Waals surface area contributed by atoms with Crippen molar-refractivity contribution in [3.05, 3.63) is 15.8 Å². The van der Waals surface area contributed by atoms with Gasteiger partial charge in [-0.2, -0.15) is 0 Å². The van der Waals surface area contributed by atoms with Gasteiger partial charge in [-0.1, -0.05) is 11.6 Å². The van der Waals surface area contributed by atoms with Crippen LogP contribution in [0.2, 0.25) is 5.02 Å². The number of rotatable bonds is 1. The Labute approximate surface area is 89.6 Å². The Bertz CT molecular complexity index is 358. The Hall–Kier alpha value is -0.690. The summed E-state index contributed by atoms with van der Waals surface area (Å²) < 4.78 is 38.7. The highest BCUT2D eigenvalue weighted by molar-refractivity contribution is 9.10. The molecule has 0 amide bonds. The van der Waals surface area contributed by atoms with Crippen LogP contribution in [-0.4, -0.2) is 16.5 Å². The van der Waals surface area contributed by atoms with Crippen LogP contribution in [0.5, 0.6) is 11.5 Å². The highest BCUT2D eigenvalue weighted by atomic mass is 79.9. The van der Waals surface area contributed by atoms with Crippen LogP contribution >= 0.6 is 27.5 Å². The van der Waals surface area contributed by atoms with Crippen LogP contribution < -0.4 is 4.74 Å². The molecule has 0 saturated carbocycles. The molecular formula is C6H2BrClF3NO2. The minimum atomic E-state index is -4.87. The van der Waals surface area contributed by atoms with E-state index in [2.05, 4.69) is 25.7 Å². The number of aromatic nitrogens is 1. The van der Waals surface area contributed by atoms with Gasteiger partial charge in [-0.25, -0.2) is 4.98 Å². The second-order valence-corrected chi connectivity index (χ2v) is 3.25. The van der Waals surface area contributed by atoms with Crippen LogP contribution in [0.3, 0.4) is 0 Å². The summed E-state index contributed by atoms with van der Waals surface area (Å²) in [7, 11) is 0. The maximum atomic E-state index is 11.8. The average Bonchev–Trinajstić information content (AvgIpc) is 2.04. The van der Waals surface area contributed by atoms with Gasteiger partial charge < -0.3 is 9.84 Å². The van der Waals surface area contributed by atoms with Crippen LogP contribution in [-0.2, 0) is 0 Å². The van der Waals surface area contributed by atoms with E-state index in [0.29, 0.717) is 0 Å². The Morgan fingerprint density at radius 2 is 2.07 bits per heavy atom. The molecule has 0 radical (unpaired) electrons. The zero-order valence-electron chi connectivity index (χ0n) is 6.27. The van der Waals surface area contributed by atoms with Crippen LogP contribution in [0, 0.1) is 0 Å². The number of aromatic hydroxyl groups is 1. The van der Waals surface area contributed by atoms with E-state index in [4.69, 9.17) is 16.7 Å². The van der Waals surface area contributed by atoms with Crippen LogP contribution in [0.1, 0.15) is 0 Å². The number of hydrogen-bond acceptors (Lipinski definition) is 3. The standard InChI is InChI=1S/C6H2BrClF3NO2/c7-5-4(13)3(8)2(1-12-5)14-6(9,10)11/h1,13H. The van der Waals surface area contributed by atoms with Gasteiger partial charge in [0.05, 0.1) is 6.20 Å². The third-order valence-electron chi connectivity index (χ3n) is 1.14. The molecular weight excluding hydrogens is 290 g/mol. The van der Waals surface area contributed by atoms with Gasteiger partial charge in [0.2, 0.25) is 0 Å². The number of alkyl halides is 3. The Kier molecular flexibility index (Phi) is 3.10. The molecule has 0 unspecified atom stereocenters. The molecule has 0 spiro atoms. The normalized spacial score (nSPS) is 11.5. The van der Waals surface area contributed by atoms with Crippen molar-refractivity contribution in [1.29, 1.82) is 0 Å². The van der Waals surface area contributed by atoms with Crippen molar-refractivity contribution in [3.63, 3.8) is 0 Å². The molecule has 3 nitrogen and oxygen atoms in total. The fourth-order valence-electron chi connectivity index (χ4n) is 0.636. The van der Waals surface area contributed by atoms with Gasteiger partial charge in [0.15, 0.2) is 11.5 Å². The predicted molar refractivity (Wildman–Crippen MR) is 45.3 cm³/mol. The summed E-state index contributed by atoms with van der Waals surface area (Å²) in [5.41, 5.74) is 0. The summed E-state index contributed by atoms with van der Waals surface area (Å²) in [5, 5.41) is 8.54. The molecule has 78 valence electrons. The van der Waals surface area contributed by atoms with Crippen molar-refractivity contribution in [2.24, 2.45) is 0 Å². The number of pyridine rings is 1. The second kappa shape index (κ2) is 3.82. The summed E-state index contributed by atoms with van der Waals surface area (Å²) in [6.07, 6.45) is -4.12. The van der Waals surface area contributed by atoms with Crippen molar-refractivity contribution >= 4 is 27.5 Å². The lowest BCUT2D eigenvalue weighted by atomic mass is 10.4. The lowest BCUT2D eigenvalue weighted by Crippen LogP contribution is -2.17. The van der Waals surface area contributed by atoms with E-state index in [9.17, 15) is 13.2 Å². The molecule has 1 aromatic rings. The topological polar surface area (TPSA) is 42.4 Å². The monoisotopic (exact) mass is 291 g/mol. The Morgan fingerprint density at radius 3 is 2.57 bits per heavy atom. The Balaban J connectivity index is 3.06. The van der Waals surface area contributed by atoms with E-state index in [-0.39, 0.29) is 4.60 Å². The molecule has 0 aliphatic rings. The van der Waals surface area contributed by atoms with Crippen molar-refractivity contribution in [3.8, 4) is 11.5 Å². The van der Waals surface area contributed by atoms with Crippen molar-refractivity contribution < 1.29 is 23.0 Å². The van der Waals surface area contributed by atoms with E-state index in [1.54, 1.807) is 0 Å². The summed E-state index contributed by atoms with van der Waals surface area (Å²) in [5.74, 6) is -1.35. The van der Waals surface area contributed by atoms with E-state index in [1.165, 1.54) is 0 Å². The lowest BCUT2D eigenvalue weighted by Gasteiger charge is -2.10. The van der Waals surface area contributed by atoms with Gasteiger partial charge in [0.25, 0.3) is 0 Å². The van der Waals surface area contributed by atoms with E-state index in [0.717, 1.165) is 6.20 Å². The first-order valence-corrected chi connectivity index (χ1v) is 4.27. The molecule has 0 aliphatic heterocycles. The summed E-state index contributed by atoms with van der Waals surface area (Å²) in [6, 6.07) is 0. The predicted octanol–water partition coefficient (Wildman–Crippen LogP) is 3.10. The van der Waals surface area contributed by atoms with Gasteiger partial charge in [0.1, 0.15) is 9.63 Å². The minimum absolute atomic E-state index is 0.0583. The molecule has 1 N–H and O–H groups in total. The maximum absolute atomic E-state index is 11.8. The summed E-state index contributed by atoms with van der Waals surface area (Å²) >= 11 is 8.14. The van der Waals surface area contributed by atoms with Gasteiger partial charge >= 0.3 is 6.36 Å². The fourth-order valence-corrected chi connectivity index (χ4v) is 1.23. The van der Waals surface area contributed by atoms with E-state index in [1.807, 2.05) is 0 Å². The number of nitrogens with zero attached hydrogens (tertiary/aromatic N) is 1. The largest absolute Gasteiger partial charge is 0.573 e. The zero-order chi connectivity index (χ0) is 10.9. The lowest BCUT2D eigenvalue weighted by molar-refractivity contribution is -0.274. The highest BCUT2D eigenvalue weighted by Gasteiger charge is 2.33. The number of hydrogen-bond donors (Lipinski definition) is 1. The Morgan fingerprint density at radius 1 is 1.50 bits per heavy atom. The summed E-state index contributed by atoms with van der Waals surface area (Å²) in [6.45, 7) is 0. The van der Waals surface area contributed by atoms with Crippen LogP contribution in [0.4, 0.5) is 13.2 Å². The first kappa shape index (κ1) is 11.4. The fraction of sp³-hybridized carbons (Fsp3) is 0.167. The SMILES string of the molecule is Oc1c(Br)ncc(OC(F)(F)F)c1Cl. The first-order valence-electron chi connectivity index (χ1n) is 3.10. The van der Waals surface area contributed by atoms with Gasteiger partial charge in [-0.05, 0) is 15.9 Å². The molecule has 0 fully saturated rings. The van der Waals surface area contributed by atoms with Crippen LogP contribution in [0.15, 0.2) is 10.8 Å². The van der Waals surface area contributed by atoms with Gasteiger partial charge in [-0.15, -0.1) is 13.2 Å². The van der Waals surface area contributed by atoms with Gasteiger partial charge in [-0.3, -0.25) is 0 Å². The third kappa shape index (κ3) is 2.65. The van der Waals surface area contributed by atoms with Gasteiger partial charge in [0, 0.05) is 0 Å². The molecule has 0 atom stereocenters. The minimum Gasteiger partial charge on any atom is -0.504 e. The quantitative estimate of drug-likeness (QED) is 0.809. The smallest absolute Gasteiger partial charge is 0.504 e. The third-order valence-corrected chi connectivity index (χ3v) is 2.09.